The first kappa shape index (κ1) is 6.94. The first-order chi connectivity index (χ1) is 3.27. The molecule has 0 spiro atoms. The first-order valence-electron chi connectivity index (χ1n) is 1.74. The van der Waals surface area contributed by atoms with Gasteiger partial charge in [-0.1, -0.05) is 0 Å². The van der Waals surface area contributed by atoms with Gasteiger partial charge >= 0.3 is 0 Å². The van der Waals surface area contributed by atoms with Crippen molar-refractivity contribution in [2.45, 2.75) is 6.92 Å². The Balaban J connectivity index is 2.82. The van der Waals surface area contributed by atoms with Gasteiger partial charge in [0.1, 0.15) is 0 Å². The molecular formula is C3H6NO2S+. The number of thiol groups is 1. The summed E-state index contributed by atoms with van der Waals surface area (Å²) >= 11 is 3.28. The fourth-order valence-corrected chi connectivity index (χ4v) is 0.178. The lowest BCUT2D eigenvalue weighted by atomic mass is 10.5. The molecule has 0 N–H and O–H groups in total. The van der Waals surface area contributed by atoms with E-state index in [9.17, 15) is 4.79 Å². The molecule has 0 unspecified atom stereocenters. The molecule has 0 bridgehead atoms. The molecule has 0 aromatic rings. The van der Waals surface area contributed by atoms with Crippen LogP contribution in [0.2, 0.25) is 0 Å². The van der Waals surface area contributed by atoms with Gasteiger partial charge in [-0.3, -0.25) is 4.79 Å². The SMILES string of the molecule is CC(=O)C[N+]OS. The highest BCUT2D eigenvalue weighted by molar-refractivity contribution is 7.75. The van der Waals surface area contributed by atoms with E-state index in [-0.39, 0.29) is 12.3 Å². The number of carbonyl (C=O) groups excluding carboxylic acids is 1. The molecular weight excluding hydrogens is 114 g/mol. The predicted molar refractivity (Wildman–Crippen MR) is 27.8 cm³/mol. The number of rotatable bonds is 3. The molecule has 0 fully saturated rings. The molecule has 0 rings (SSSR count). The summed E-state index contributed by atoms with van der Waals surface area (Å²) in [6, 6.07) is 0. The van der Waals surface area contributed by atoms with Crippen LogP contribution in [0.15, 0.2) is 0 Å². The van der Waals surface area contributed by atoms with E-state index in [1.807, 2.05) is 0 Å². The normalized spacial score (nSPS) is 8.86. The maximum Gasteiger partial charge on any atom is 0.290 e. The average molecular weight is 120 g/mol. The third-order valence-corrected chi connectivity index (χ3v) is 0.460. The first-order valence-corrected chi connectivity index (χ1v) is 2.10. The monoisotopic (exact) mass is 120 g/mol. The number of carbonyl (C=O) groups is 1. The lowest BCUT2D eigenvalue weighted by Gasteiger charge is -1.69. The molecule has 0 saturated carbocycles. The van der Waals surface area contributed by atoms with Crippen LogP contribution in [0.3, 0.4) is 0 Å². The highest BCUT2D eigenvalue weighted by atomic mass is 32.1. The van der Waals surface area contributed by atoms with Crippen molar-refractivity contribution in [3.05, 3.63) is 0 Å². The van der Waals surface area contributed by atoms with Crippen LogP contribution < -0.4 is 5.48 Å². The van der Waals surface area contributed by atoms with E-state index in [0.717, 1.165) is 0 Å². The van der Waals surface area contributed by atoms with Gasteiger partial charge in [-0.25, -0.2) is 0 Å². The molecule has 40 valence electrons. The van der Waals surface area contributed by atoms with E-state index < -0.39 is 0 Å². The number of nitrogens with zero attached hydrogens (tertiary/aromatic N) is 1. The smallest absolute Gasteiger partial charge is 0.290 e. The molecule has 4 heteroatoms. The number of hydroxylamine groups is 1. The molecule has 0 atom stereocenters. The van der Waals surface area contributed by atoms with Crippen LogP contribution in [0.4, 0.5) is 0 Å². The lowest BCUT2D eigenvalue weighted by molar-refractivity contribution is -0.117. The highest BCUT2D eigenvalue weighted by Gasteiger charge is 2.05. The molecule has 2 radical (unpaired) electrons. The van der Waals surface area contributed by atoms with E-state index >= 15 is 0 Å². The van der Waals surface area contributed by atoms with E-state index in [4.69, 9.17) is 0 Å². The second kappa shape index (κ2) is 4.11. The van der Waals surface area contributed by atoms with Gasteiger partial charge in [0.25, 0.3) is 12.0 Å². The van der Waals surface area contributed by atoms with Crippen LogP contribution in [0, 0.1) is 0 Å². The Bertz CT molecular complexity index is 66.0. The van der Waals surface area contributed by atoms with Crippen LogP contribution in [-0.4, -0.2) is 12.3 Å². The van der Waals surface area contributed by atoms with Crippen molar-refractivity contribution in [1.82, 2.24) is 5.48 Å². The molecule has 3 nitrogen and oxygen atoms in total. The standard InChI is InChI=1S/C3H6NO2S/c1-3(5)2-4-6-7/h7H,2H2,1H3/q+1. The van der Waals surface area contributed by atoms with Crippen LogP contribution in [0.25, 0.3) is 0 Å². The summed E-state index contributed by atoms with van der Waals surface area (Å²) < 4.78 is 3.95. The van der Waals surface area contributed by atoms with Crippen molar-refractivity contribution in [3.63, 3.8) is 0 Å². The fraction of sp³-hybridized carbons (Fsp3) is 0.667. The summed E-state index contributed by atoms with van der Waals surface area (Å²) in [5.41, 5.74) is 3.19. The van der Waals surface area contributed by atoms with Gasteiger partial charge in [0, 0.05) is 6.92 Å². The van der Waals surface area contributed by atoms with Crippen LogP contribution in [0.1, 0.15) is 6.92 Å². The summed E-state index contributed by atoms with van der Waals surface area (Å²) in [4.78, 5) is 9.99. The molecule has 0 aliphatic heterocycles. The lowest BCUT2D eigenvalue weighted by Crippen LogP contribution is -2.09. The van der Waals surface area contributed by atoms with E-state index in [0.29, 0.717) is 0 Å². The van der Waals surface area contributed by atoms with Crippen molar-refractivity contribution >= 4 is 18.7 Å². The predicted octanol–water partition coefficient (Wildman–Crippen LogP) is -0.0438. The summed E-state index contributed by atoms with van der Waals surface area (Å²) in [6.07, 6.45) is 0. The summed E-state index contributed by atoms with van der Waals surface area (Å²) in [7, 11) is 0. The van der Waals surface area contributed by atoms with Gasteiger partial charge < -0.3 is 0 Å². The third-order valence-electron chi connectivity index (χ3n) is 0.345. The Labute approximate surface area is 47.6 Å². The zero-order valence-corrected chi connectivity index (χ0v) is 4.81. The Hall–Kier alpha value is -0.0600. The van der Waals surface area contributed by atoms with Gasteiger partial charge in [-0.05, 0) is 4.28 Å². The third kappa shape index (κ3) is 5.94. The van der Waals surface area contributed by atoms with Crippen molar-refractivity contribution in [2.75, 3.05) is 6.54 Å². The minimum atomic E-state index is -0.0333. The van der Waals surface area contributed by atoms with Crippen molar-refractivity contribution in [3.8, 4) is 0 Å². The van der Waals surface area contributed by atoms with Gasteiger partial charge in [0.15, 0.2) is 5.78 Å². The quantitative estimate of drug-likeness (QED) is 0.322. The topological polar surface area (TPSA) is 40.4 Å². The van der Waals surface area contributed by atoms with E-state index in [1.165, 1.54) is 6.92 Å². The largest absolute Gasteiger partial charge is 0.293 e. The number of hydrogen-bond donors (Lipinski definition) is 1. The molecule has 0 aromatic carbocycles. The van der Waals surface area contributed by atoms with Crippen molar-refractivity contribution in [1.29, 1.82) is 0 Å². The Kier molecular flexibility index (Phi) is 4.07. The Morgan fingerprint density at radius 3 is 2.71 bits per heavy atom. The second-order valence-corrected chi connectivity index (χ2v) is 1.23. The van der Waals surface area contributed by atoms with Crippen molar-refractivity contribution in [2.24, 2.45) is 0 Å². The average Bonchev–Trinajstić information content (AvgIpc) is 1.61. The minimum Gasteiger partial charge on any atom is -0.293 e. The van der Waals surface area contributed by atoms with E-state index in [2.05, 4.69) is 22.7 Å². The van der Waals surface area contributed by atoms with Gasteiger partial charge in [-0.2, -0.15) is 0 Å². The van der Waals surface area contributed by atoms with Gasteiger partial charge in [0.05, 0.1) is 12.9 Å². The van der Waals surface area contributed by atoms with Gasteiger partial charge in [-0.15, -0.1) is 0 Å². The van der Waals surface area contributed by atoms with Crippen LogP contribution in [0.5, 0.6) is 0 Å². The Morgan fingerprint density at radius 2 is 2.57 bits per heavy atom. The summed E-state index contributed by atoms with van der Waals surface area (Å²) in [6.45, 7) is 1.51. The molecule has 0 aliphatic carbocycles. The van der Waals surface area contributed by atoms with E-state index in [1.54, 1.807) is 0 Å². The maximum absolute atomic E-state index is 9.99. The maximum atomic E-state index is 9.99. The number of Topliss-reactive ketones (excluding diaryl/α,β-unsaturated/α-hetero) is 1. The molecule has 0 aliphatic rings. The minimum absolute atomic E-state index is 0.0333. The molecule has 0 heterocycles. The van der Waals surface area contributed by atoms with Crippen LogP contribution in [-0.2, 0) is 9.08 Å². The summed E-state index contributed by atoms with van der Waals surface area (Å²) in [5, 5.41) is 0. The fourth-order valence-electron chi connectivity index (χ4n) is 0.120. The zero-order chi connectivity index (χ0) is 5.70. The number of hydrogen-bond acceptors (Lipinski definition) is 3. The molecule has 0 aromatic heterocycles. The van der Waals surface area contributed by atoms with Crippen molar-refractivity contribution < 1.29 is 9.08 Å². The molecule has 7 heavy (non-hydrogen) atoms. The second-order valence-electron chi connectivity index (χ2n) is 1.07. The molecule has 0 amide bonds. The Morgan fingerprint density at radius 1 is 2.00 bits per heavy atom. The summed E-state index contributed by atoms with van der Waals surface area (Å²) in [5.74, 6) is -0.0333. The van der Waals surface area contributed by atoms with Crippen LogP contribution >= 0.6 is 12.9 Å². The zero-order valence-electron chi connectivity index (χ0n) is 3.92. The number of ketones is 1. The highest BCUT2D eigenvalue weighted by Crippen LogP contribution is 1.72. The molecule has 0 saturated heterocycles. The van der Waals surface area contributed by atoms with Gasteiger partial charge in [0.2, 0.25) is 0 Å².